The first-order chi connectivity index (χ1) is 5.36. The predicted molar refractivity (Wildman–Crippen MR) is 45.2 cm³/mol. The van der Waals surface area contributed by atoms with Crippen molar-refractivity contribution in [3.05, 3.63) is 16.3 Å². The van der Waals surface area contributed by atoms with Crippen molar-refractivity contribution in [2.75, 3.05) is 0 Å². The molecule has 0 aromatic carbocycles. The average Bonchev–Trinajstić information content (AvgIpc) is 2.55. The molecule has 2 rings (SSSR count). The second-order valence-corrected chi connectivity index (χ2v) is 4.21. The quantitative estimate of drug-likeness (QED) is 0.812. The molecule has 0 fully saturated rings. The predicted octanol–water partition coefficient (Wildman–Crippen LogP) is 1.69. The van der Waals surface area contributed by atoms with Crippen molar-refractivity contribution in [3.63, 3.8) is 0 Å². The van der Waals surface area contributed by atoms with Crippen LogP contribution in [-0.2, 0) is 0 Å². The van der Waals surface area contributed by atoms with Gasteiger partial charge in [-0.3, -0.25) is 5.10 Å². The van der Waals surface area contributed by atoms with Crippen molar-refractivity contribution in [1.29, 1.82) is 0 Å². The van der Waals surface area contributed by atoms with Crippen molar-refractivity contribution in [2.45, 2.75) is 0 Å². The van der Waals surface area contributed by atoms with E-state index >= 15 is 0 Å². The molecule has 0 bridgehead atoms. The Bertz CT molecular complexity index is 341. The van der Waals surface area contributed by atoms with Gasteiger partial charge < -0.3 is 0 Å². The van der Waals surface area contributed by atoms with E-state index in [1.54, 1.807) is 6.20 Å². The molecule has 0 atom stereocenters. The van der Waals surface area contributed by atoms with E-state index < -0.39 is 0 Å². The molecule has 0 aliphatic carbocycles. The summed E-state index contributed by atoms with van der Waals surface area (Å²) in [6.07, 6.45) is 3.20. The normalized spacial score (nSPS) is 10.3. The monoisotopic (exact) mass is 230 g/mol. The summed E-state index contributed by atoms with van der Waals surface area (Å²) >= 11 is 4.83. The number of nitrogens with zero attached hydrogens (tertiary/aromatic N) is 3. The van der Waals surface area contributed by atoms with Crippen LogP contribution in [0.15, 0.2) is 16.3 Å². The summed E-state index contributed by atoms with van der Waals surface area (Å²) in [4.78, 5) is 8.06. The molecule has 6 heteroatoms. The van der Waals surface area contributed by atoms with Crippen LogP contribution in [0.5, 0.6) is 0 Å². The van der Waals surface area contributed by atoms with Gasteiger partial charge in [0.1, 0.15) is 6.33 Å². The number of nitrogens with one attached hydrogen (secondary N) is 1. The first-order valence-corrected chi connectivity index (χ1v) is 4.44. The van der Waals surface area contributed by atoms with Crippen LogP contribution in [0.1, 0.15) is 0 Å². The Morgan fingerprint density at radius 1 is 1.45 bits per heavy atom. The number of rotatable bonds is 1. The lowest BCUT2D eigenvalue weighted by atomic mass is 10.7. The van der Waals surface area contributed by atoms with Gasteiger partial charge in [-0.25, -0.2) is 9.97 Å². The second kappa shape index (κ2) is 2.71. The maximum atomic E-state index is 4.10. The number of aromatic nitrogens is 4. The summed E-state index contributed by atoms with van der Waals surface area (Å²) in [5.41, 5.74) is 0. The van der Waals surface area contributed by atoms with E-state index in [1.807, 2.05) is 0 Å². The highest BCUT2D eigenvalue weighted by Gasteiger charge is 2.04. The fraction of sp³-hybridized carbons (Fsp3) is 0. The lowest BCUT2D eigenvalue weighted by Crippen LogP contribution is -1.76. The average molecular weight is 231 g/mol. The molecule has 56 valence electrons. The number of hydrogen-bond donors (Lipinski definition) is 1. The van der Waals surface area contributed by atoms with E-state index in [0.29, 0.717) is 5.82 Å². The SMILES string of the molecule is Brc1cnc(-c2ncn[nH]2)s1. The maximum absolute atomic E-state index is 4.10. The number of thiazole rings is 1. The lowest BCUT2D eigenvalue weighted by molar-refractivity contribution is 1.09. The minimum Gasteiger partial charge on any atom is -0.257 e. The van der Waals surface area contributed by atoms with Crippen molar-refractivity contribution in [2.24, 2.45) is 0 Å². The van der Waals surface area contributed by atoms with Crippen molar-refractivity contribution < 1.29 is 0 Å². The molecule has 2 aromatic rings. The standard InChI is InChI=1S/C5H3BrN4S/c6-3-1-7-5(11-3)4-8-2-9-10-4/h1-2H,(H,8,9,10). The van der Waals surface area contributed by atoms with Crippen LogP contribution in [0, 0.1) is 0 Å². The van der Waals surface area contributed by atoms with Gasteiger partial charge in [0.15, 0.2) is 10.8 Å². The van der Waals surface area contributed by atoms with Crippen LogP contribution in [0.25, 0.3) is 10.8 Å². The molecule has 0 aliphatic rings. The van der Waals surface area contributed by atoms with Crippen LogP contribution >= 0.6 is 27.3 Å². The van der Waals surface area contributed by atoms with Gasteiger partial charge in [0.25, 0.3) is 0 Å². The van der Waals surface area contributed by atoms with E-state index in [4.69, 9.17) is 0 Å². The fourth-order valence-corrected chi connectivity index (χ4v) is 1.83. The molecule has 1 N–H and O–H groups in total. The molecule has 0 radical (unpaired) electrons. The van der Waals surface area contributed by atoms with Crippen molar-refractivity contribution in [1.82, 2.24) is 20.2 Å². The van der Waals surface area contributed by atoms with E-state index in [1.165, 1.54) is 17.7 Å². The third-order valence-corrected chi connectivity index (χ3v) is 2.58. The number of aromatic amines is 1. The largest absolute Gasteiger partial charge is 0.257 e. The minimum atomic E-state index is 0.709. The first-order valence-electron chi connectivity index (χ1n) is 2.83. The zero-order valence-corrected chi connectivity index (χ0v) is 7.69. The van der Waals surface area contributed by atoms with Crippen molar-refractivity contribution >= 4 is 27.3 Å². The molecule has 0 saturated heterocycles. The van der Waals surface area contributed by atoms with Crippen LogP contribution in [-0.4, -0.2) is 20.2 Å². The molecule has 0 unspecified atom stereocenters. The molecule has 2 aromatic heterocycles. The Labute approximate surface area is 74.8 Å². The molecule has 2 heterocycles. The van der Waals surface area contributed by atoms with Crippen molar-refractivity contribution in [3.8, 4) is 10.8 Å². The van der Waals surface area contributed by atoms with Gasteiger partial charge in [0.05, 0.1) is 9.98 Å². The Morgan fingerprint density at radius 3 is 2.91 bits per heavy atom. The van der Waals surface area contributed by atoms with Gasteiger partial charge in [-0.2, -0.15) is 5.10 Å². The minimum absolute atomic E-state index is 0.709. The summed E-state index contributed by atoms with van der Waals surface area (Å²) in [5, 5.41) is 7.30. The van der Waals surface area contributed by atoms with Gasteiger partial charge in [-0.1, -0.05) is 0 Å². The maximum Gasteiger partial charge on any atom is 0.184 e. The smallest absolute Gasteiger partial charge is 0.184 e. The number of H-pyrrole nitrogens is 1. The highest BCUT2D eigenvalue weighted by molar-refractivity contribution is 9.11. The fourth-order valence-electron chi connectivity index (χ4n) is 0.672. The van der Waals surface area contributed by atoms with Crippen LogP contribution < -0.4 is 0 Å². The van der Waals surface area contributed by atoms with E-state index in [0.717, 1.165) is 8.79 Å². The molecule has 11 heavy (non-hydrogen) atoms. The molecular formula is C5H3BrN4S. The Hall–Kier alpha value is -0.750. The summed E-state index contributed by atoms with van der Waals surface area (Å²) in [6.45, 7) is 0. The Balaban J connectivity index is 2.45. The van der Waals surface area contributed by atoms with Gasteiger partial charge in [0, 0.05) is 0 Å². The molecule has 0 aliphatic heterocycles. The van der Waals surface area contributed by atoms with Crippen LogP contribution in [0.4, 0.5) is 0 Å². The van der Waals surface area contributed by atoms with E-state index in [-0.39, 0.29) is 0 Å². The highest BCUT2D eigenvalue weighted by atomic mass is 79.9. The number of halogens is 1. The molecule has 4 nitrogen and oxygen atoms in total. The third kappa shape index (κ3) is 1.31. The molecule has 0 saturated carbocycles. The summed E-state index contributed by atoms with van der Waals surface area (Å²) < 4.78 is 0.990. The molecule has 0 amide bonds. The lowest BCUT2D eigenvalue weighted by Gasteiger charge is -1.82. The Kier molecular flexibility index (Phi) is 1.71. The molecular weight excluding hydrogens is 228 g/mol. The highest BCUT2D eigenvalue weighted by Crippen LogP contribution is 2.25. The topological polar surface area (TPSA) is 54.5 Å². The van der Waals surface area contributed by atoms with Crippen LogP contribution in [0.2, 0.25) is 0 Å². The summed E-state index contributed by atoms with van der Waals surface area (Å²) in [5.74, 6) is 0.709. The van der Waals surface area contributed by atoms with Gasteiger partial charge in [-0.05, 0) is 15.9 Å². The summed E-state index contributed by atoms with van der Waals surface area (Å²) in [6, 6.07) is 0. The van der Waals surface area contributed by atoms with Gasteiger partial charge in [0.2, 0.25) is 0 Å². The zero-order valence-electron chi connectivity index (χ0n) is 5.28. The molecule has 0 spiro atoms. The summed E-state index contributed by atoms with van der Waals surface area (Å²) in [7, 11) is 0. The Morgan fingerprint density at radius 2 is 2.36 bits per heavy atom. The first kappa shape index (κ1) is 6.93. The second-order valence-electron chi connectivity index (χ2n) is 1.80. The van der Waals surface area contributed by atoms with E-state index in [9.17, 15) is 0 Å². The zero-order chi connectivity index (χ0) is 7.68. The number of hydrogen-bond acceptors (Lipinski definition) is 4. The van der Waals surface area contributed by atoms with Crippen LogP contribution in [0.3, 0.4) is 0 Å². The van der Waals surface area contributed by atoms with Gasteiger partial charge in [-0.15, -0.1) is 11.3 Å². The van der Waals surface area contributed by atoms with Gasteiger partial charge >= 0.3 is 0 Å². The van der Waals surface area contributed by atoms with E-state index in [2.05, 4.69) is 36.1 Å². The third-order valence-electron chi connectivity index (χ3n) is 1.10.